The molecule has 2 aliphatic rings. The molecule has 3 atom stereocenters. The zero-order chi connectivity index (χ0) is 28.3. The molecule has 1 unspecified atom stereocenters. The predicted octanol–water partition coefficient (Wildman–Crippen LogP) is 5.25. The number of nitrogens with one attached hydrogen (secondary N) is 2. The normalized spacial score (nSPS) is 21.2. The molecule has 1 fully saturated rings. The third-order valence-electron chi connectivity index (χ3n) is 7.43. The number of benzene rings is 1. The second-order valence-electron chi connectivity index (χ2n) is 11.2. The molecule has 1 saturated heterocycles. The fraction of sp³-hybridized carbons (Fsp3) is 0.517. The van der Waals surface area contributed by atoms with Crippen LogP contribution in [0.1, 0.15) is 64.3 Å². The third kappa shape index (κ3) is 6.00. The van der Waals surface area contributed by atoms with Crippen LogP contribution in [0.3, 0.4) is 0 Å². The molecule has 10 nitrogen and oxygen atoms in total. The molecular weight excluding hydrogens is 496 g/mol. The fourth-order valence-corrected chi connectivity index (χ4v) is 5.37. The molecule has 1 aromatic carbocycles. The summed E-state index contributed by atoms with van der Waals surface area (Å²) in [5, 5.41) is 15.7. The van der Waals surface area contributed by atoms with Gasteiger partial charge in [0, 0.05) is 42.4 Å². The lowest BCUT2D eigenvalue weighted by Crippen LogP contribution is -2.48. The molecule has 0 radical (unpaired) electrons. The van der Waals surface area contributed by atoms with Crippen LogP contribution in [-0.4, -0.2) is 71.0 Å². The Labute approximate surface area is 230 Å². The maximum Gasteiger partial charge on any atom is 0.407 e. The number of carboxylic acid groups (broad SMARTS) is 1. The van der Waals surface area contributed by atoms with Crippen molar-refractivity contribution in [2.75, 3.05) is 43.1 Å². The smallest absolute Gasteiger partial charge is 0.407 e. The minimum absolute atomic E-state index is 0.102. The van der Waals surface area contributed by atoms with Gasteiger partial charge in [0.2, 0.25) is 0 Å². The minimum atomic E-state index is -0.969. The van der Waals surface area contributed by atoms with Gasteiger partial charge in [-0.1, -0.05) is 26.8 Å². The number of anilines is 2. The summed E-state index contributed by atoms with van der Waals surface area (Å²) >= 11 is 0. The van der Waals surface area contributed by atoms with Crippen LogP contribution in [0.15, 0.2) is 36.9 Å². The Morgan fingerprint density at radius 1 is 1.23 bits per heavy atom. The molecule has 10 heteroatoms. The van der Waals surface area contributed by atoms with Crippen molar-refractivity contribution in [3.8, 4) is 11.4 Å². The van der Waals surface area contributed by atoms with Crippen LogP contribution in [0.25, 0.3) is 11.4 Å². The zero-order valence-corrected chi connectivity index (χ0v) is 23.5. The summed E-state index contributed by atoms with van der Waals surface area (Å²) in [7, 11) is 0. The van der Waals surface area contributed by atoms with Crippen molar-refractivity contribution in [1.82, 2.24) is 20.2 Å². The lowest BCUT2D eigenvalue weighted by atomic mass is 9.72. The van der Waals surface area contributed by atoms with Crippen molar-refractivity contribution in [2.24, 2.45) is 5.41 Å². The Kier molecular flexibility index (Phi) is 8.44. The second kappa shape index (κ2) is 11.6. The Morgan fingerprint density at radius 2 is 1.95 bits per heavy atom. The van der Waals surface area contributed by atoms with Gasteiger partial charge in [0.1, 0.15) is 5.82 Å². The second-order valence-corrected chi connectivity index (χ2v) is 11.2. The highest BCUT2D eigenvalue weighted by molar-refractivity contribution is 5.89. The number of hydrogen-bond donors (Lipinski definition) is 3. The lowest BCUT2D eigenvalue weighted by Gasteiger charge is -2.46. The molecule has 2 aromatic rings. The standard InChI is InChI=1S/C29H40N6O4/c1-7-9-22-24-23(21(29(4,5)6)16-35(22)28(37)38)26(34-14-15-39-17-18(34)3)33-25(32-24)19-10-12-20(13-11-19)31-27(36)30-8-2/h7,10-13,18,21-22H,1,8-9,14-17H2,2-6H3,(H,37,38)(H2,30,31,36)/t18-,21-,22?/m0/s1. The van der Waals surface area contributed by atoms with Gasteiger partial charge in [-0.3, -0.25) is 4.90 Å². The molecule has 0 bridgehead atoms. The van der Waals surface area contributed by atoms with Gasteiger partial charge in [-0.2, -0.15) is 0 Å². The molecule has 3 heterocycles. The van der Waals surface area contributed by atoms with Gasteiger partial charge in [-0.25, -0.2) is 19.6 Å². The van der Waals surface area contributed by atoms with Gasteiger partial charge in [0.25, 0.3) is 0 Å². The van der Waals surface area contributed by atoms with Crippen LogP contribution in [0.5, 0.6) is 0 Å². The Balaban J connectivity index is 1.90. The van der Waals surface area contributed by atoms with Gasteiger partial charge < -0.3 is 25.4 Å². The first-order chi connectivity index (χ1) is 18.5. The number of amides is 3. The molecule has 1 aromatic heterocycles. The van der Waals surface area contributed by atoms with Crippen molar-refractivity contribution in [2.45, 2.75) is 59.0 Å². The number of nitrogens with zero attached hydrogens (tertiary/aromatic N) is 4. The first-order valence-electron chi connectivity index (χ1n) is 13.6. The van der Waals surface area contributed by atoms with E-state index < -0.39 is 12.1 Å². The van der Waals surface area contributed by atoms with Gasteiger partial charge in [0.05, 0.1) is 31.0 Å². The van der Waals surface area contributed by atoms with Gasteiger partial charge in [-0.05, 0) is 49.9 Å². The Bertz CT molecular complexity index is 1210. The lowest BCUT2D eigenvalue weighted by molar-refractivity contribution is 0.0936. The largest absolute Gasteiger partial charge is 0.465 e. The van der Waals surface area contributed by atoms with Crippen molar-refractivity contribution in [3.63, 3.8) is 0 Å². The first kappa shape index (κ1) is 28.4. The van der Waals surface area contributed by atoms with Gasteiger partial charge in [-0.15, -0.1) is 6.58 Å². The number of ether oxygens (including phenoxy) is 1. The summed E-state index contributed by atoms with van der Waals surface area (Å²) in [4.78, 5) is 38.4. The summed E-state index contributed by atoms with van der Waals surface area (Å²) in [6.45, 7) is 17.1. The van der Waals surface area contributed by atoms with E-state index in [4.69, 9.17) is 14.7 Å². The topological polar surface area (TPSA) is 120 Å². The van der Waals surface area contributed by atoms with Crippen LogP contribution in [0.2, 0.25) is 0 Å². The number of fused-ring (bicyclic) bond motifs is 1. The summed E-state index contributed by atoms with van der Waals surface area (Å²) < 4.78 is 5.73. The van der Waals surface area contributed by atoms with E-state index in [9.17, 15) is 14.7 Å². The van der Waals surface area contributed by atoms with E-state index in [0.717, 1.165) is 22.6 Å². The first-order valence-corrected chi connectivity index (χ1v) is 13.6. The number of morpholine rings is 1. The van der Waals surface area contributed by atoms with Crippen LogP contribution >= 0.6 is 0 Å². The number of urea groups is 1. The van der Waals surface area contributed by atoms with Crippen LogP contribution in [0.4, 0.5) is 21.1 Å². The molecule has 39 heavy (non-hydrogen) atoms. The fourth-order valence-electron chi connectivity index (χ4n) is 5.37. The van der Waals surface area contributed by atoms with Crippen LogP contribution in [-0.2, 0) is 4.74 Å². The van der Waals surface area contributed by atoms with Crippen LogP contribution in [0, 0.1) is 5.41 Å². The highest BCUT2D eigenvalue weighted by Crippen LogP contribution is 2.49. The highest BCUT2D eigenvalue weighted by Gasteiger charge is 2.44. The molecule has 3 amide bonds. The molecule has 4 rings (SSSR count). The van der Waals surface area contributed by atoms with Gasteiger partial charge in [0.15, 0.2) is 5.82 Å². The molecule has 0 saturated carbocycles. The van der Waals surface area contributed by atoms with E-state index in [1.165, 1.54) is 4.90 Å². The van der Waals surface area contributed by atoms with E-state index >= 15 is 0 Å². The molecule has 0 aliphatic carbocycles. The SMILES string of the molecule is C=CCC1c2nc(-c3ccc(NC(=O)NCC)cc3)nc(N3CCOC[C@@H]3C)c2[C@@H](C(C)(C)C)CN1C(=O)O. The summed E-state index contributed by atoms with van der Waals surface area (Å²) in [6, 6.07) is 6.73. The van der Waals surface area contributed by atoms with E-state index in [1.807, 2.05) is 31.2 Å². The van der Waals surface area contributed by atoms with E-state index in [2.05, 4.69) is 49.8 Å². The van der Waals surface area contributed by atoms with Crippen molar-refractivity contribution < 1.29 is 19.4 Å². The zero-order valence-electron chi connectivity index (χ0n) is 23.5. The van der Waals surface area contributed by atoms with Crippen molar-refractivity contribution in [3.05, 3.63) is 48.2 Å². The number of hydrogen-bond acceptors (Lipinski definition) is 6. The number of rotatable bonds is 6. The number of carbonyl (C=O) groups is 2. The molecule has 210 valence electrons. The third-order valence-corrected chi connectivity index (χ3v) is 7.43. The van der Waals surface area contributed by atoms with Crippen molar-refractivity contribution in [1.29, 1.82) is 0 Å². The van der Waals surface area contributed by atoms with E-state index in [0.29, 0.717) is 50.8 Å². The Hall–Kier alpha value is -3.66. The monoisotopic (exact) mass is 536 g/mol. The number of aromatic nitrogens is 2. The summed E-state index contributed by atoms with van der Waals surface area (Å²) in [6.07, 6.45) is 1.23. The predicted molar refractivity (Wildman–Crippen MR) is 152 cm³/mol. The highest BCUT2D eigenvalue weighted by atomic mass is 16.5. The average Bonchev–Trinajstić information content (AvgIpc) is 2.88. The Morgan fingerprint density at radius 3 is 2.54 bits per heavy atom. The quantitative estimate of drug-likeness (QED) is 0.431. The summed E-state index contributed by atoms with van der Waals surface area (Å²) in [5.74, 6) is 1.25. The molecule has 3 N–H and O–H groups in total. The molecular formula is C29H40N6O4. The van der Waals surface area contributed by atoms with Gasteiger partial charge >= 0.3 is 12.1 Å². The molecule has 2 aliphatic heterocycles. The maximum absolute atomic E-state index is 12.5. The van der Waals surface area contributed by atoms with Crippen molar-refractivity contribution >= 4 is 23.6 Å². The average molecular weight is 537 g/mol. The minimum Gasteiger partial charge on any atom is -0.465 e. The van der Waals surface area contributed by atoms with E-state index in [1.54, 1.807) is 6.08 Å². The molecule has 0 spiro atoms. The van der Waals surface area contributed by atoms with Crippen LogP contribution < -0.4 is 15.5 Å². The maximum atomic E-state index is 12.5. The van der Waals surface area contributed by atoms with E-state index in [-0.39, 0.29) is 23.4 Å². The number of carbonyl (C=O) groups excluding carboxylic acids is 1. The summed E-state index contributed by atoms with van der Waals surface area (Å²) in [5.41, 5.74) is 2.94.